The van der Waals surface area contributed by atoms with Crippen LogP contribution in [0.3, 0.4) is 0 Å². The third-order valence-electron chi connectivity index (χ3n) is 5.45. The van der Waals surface area contributed by atoms with Crippen molar-refractivity contribution in [3.8, 4) is 17.7 Å². The van der Waals surface area contributed by atoms with Crippen molar-refractivity contribution in [2.24, 2.45) is 0 Å². The number of hydrogen-bond donors (Lipinski definition) is 1. The second-order valence-corrected chi connectivity index (χ2v) is 7.70. The normalized spacial score (nSPS) is 11.1. The maximum atomic E-state index is 13.3. The quantitative estimate of drug-likeness (QED) is 0.348. The fourth-order valence-corrected chi connectivity index (χ4v) is 3.39. The molecule has 0 aliphatic rings. The summed E-state index contributed by atoms with van der Waals surface area (Å²) in [4.78, 5) is 30.5. The highest BCUT2D eigenvalue weighted by Gasteiger charge is 2.18. The monoisotopic (exact) mass is 450 g/mol. The molecule has 0 bridgehead atoms. The first kappa shape index (κ1) is 22.5. The Morgan fingerprint density at radius 3 is 2.62 bits per heavy atom. The topological polar surface area (TPSA) is 96.5 Å². The largest absolute Gasteiger partial charge is 0.438 e. The Balaban J connectivity index is 1.77. The molecular weight excluding hydrogens is 428 g/mol. The number of carbonyl (C=O) groups is 1. The number of ether oxygens (including phenoxy) is 1. The van der Waals surface area contributed by atoms with Crippen molar-refractivity contribution in [1.29, 1.82) is 5.26 Å². The van der Waals surface area contributed by atoms with Gasteiger partial charge in [-0.1, -0.05) is 48.5 Å². The lowest BCUT2D eigenvalue weighted by Crippen LogP contribution is -2.25. The first-order chi connectivity index (χ1) is 16.5. The Morgan fingerprint density at radius 1 is 1.09 bits per heavy atom. The number of rotatable bonds is 6. The van der Waals surface area contributed by atoms with E-state index in [0.717, 1.165) is 16.7 Å². The number of fused-ring (bicyclic) bond motifs is 1. The van der Waals surface area contributed by atoms with Crippen molar-refractivity contribution in [3.63, 3.8) is 0 Å². The molecule has 0 atom stereocenters. The molecule has 34 heavy (non-hydrogen) atoms. The lowest BCUT2D eigenvalue weighted by atomic mass is 10.1. The number of aromatic nitrogens is 2. The van der Waals surface area contributed by atoms with E-state index in [4.69, 9.17) is 4.74 Å². The Morgan fingerprint density at radius 2 is 1.85 bits per heavy atom. The van der Waals surface area contributed by atoms with E-state index in [-0.39, 0.29) is 23.6 Å². The van der Waals surface area contributed by atoms with Crippen molar-refractivity contribution in [3.05, 3.63) is 111 Å². The van der Waals surface area contributed by atoms with Crippen molar-refractivity contribution in [2.45, 2.75) is 20.4 Å². The third-order valence-corrected chi connectivity index (χ3v) is 5.45. The molecule has 0 aliphatic carbocycles. The van der Waals surface area contributed by atoms with Gasteiger partial charge in [-0.25, -0.2) is 0 Å². The Labute approximate surface area is 196 Å². The van der Waals surface area contributed by atoms with Crippen LogP contribution in [0.2, 0.25) is 0 Å². The van der Waals surface area contributed by atoms with E-state index in [0.29, 0.717) is 11.4 Å². The first-order valence-electron chi connectivity index (χ1n) is 10.7. The highest BCUT2D eigenvalue weighted by Crippen LogP contribution is 2.28. The molecule has 0 aliphatic heterocycles. The zero-order valence-electron chi connectivity index (χ0n) is 18.8. The van der Waals surface area contributed by atoms with E-state index in [2.05, 4.69) is 10.3 Å². The molecule has 2 heterocycles. The maximum absolute atomic E-state index is 13.3. The average molecular weight is 450 g/mol. The Kier molecular flexibility index (Phi) is 6.51. The summed E-state index contributed by atoms with van der Waals surface area (Å²) in [5, 5.41) is 12.4. The van der Waals surface area contributed by atoms with Crippen molar-refractivity contribution < 1.29 is 9.53 Å². The van der Waals surface area contributed by atoms with Crippen LogP contribution < -0.4 is 15.6 Å². The predicted octanol–water partition coefficient (Wildman–Crippen LogP) is 4.33. The third kappa shape index (κ3) is 4.71. The molecule has 0 unspecified atom stereocenters. The van der Waals surface area contributed by atoms with E-state index in [1.807, 2.05) is 62.4 Å². The minimum Gasteiger partial charge on any atom is -0.438 e. The molecule has 0 spiro atoms. The zero-order chi connectivity index (χ0) is 24.1. The van der Waals surface area contributed by atoms with Gasteiger partial charge in [0, 0.05) is 12.7 Å². The summed E-state index contributed by atoms with van der Waals surface area (Å²) < 4.78 is 7.40. The van der Waals surface area contributed by atoms with Crippen LogP contribution in [0.15, 0.2) is 83.3 Å². The highest BCUT2D eigenvalue weighted by molar-refractivity contribution is 6.01. The molecule has 0 radical (unpaired) electrons. The fraction of sp³-hybridized carbons (Fsp3) is 0.111. The molecular formula is C27H22N4O3. The van der Waals surface area contributed by atoms with E-state index in [1.54, 1.807) is 30.5 Å². The minimum atomic E-state index is -0.596. The molecule has 2 aromatic heterocycles. The molecule has 0 saturated heterocycles. The van der Waals surface area contributed by atoms with E-state index >= 15 is 0 Å². The van der Waals surface area contributed by atoms with Gasteiger partial charge in [0.2, 0.25) is 5.88 Å². The number of nitrogens with one attached hydrogen (secondary N) is 1. The van der Waals surface area contributed by atoms with Gasteiger partial charge in [0.1, 0.15) is 28.6 Å². The van der Waals surface area contributed by atoms with Crippen LogP contribution in [-0.2, 0) is 11.3 Å². The van der Waals surface area contributed by atoms with Gasteiger partial charge in [0.05, 0.1) is 0 Å². The number of aryl methyl sites for hydroxylation is 1. The minimum absolute atomic E-state index is 0.0102. The molecule has 4 rings (SSSR count). The second kappa shape index (κ2) is 9.84. The van der Waals surface area contributed by atoms with Gasteiger partial charge in [0.15, 0.2) is 0 Å². The summed E-state index contributed by atoms with van der Waals surface area (Å²) in [6.45, 7) is 4.11. The Hall–Kier alpha value is -4.70. The van der Waals surface area contributed by atoms with Crippen LogP contribution in [0.1, 0.15) is 22.3 Å². The number of benzene rings is 2. The molecule has 7 nitrogen and oxygen atoms in total. The van der Waals surface area contributed by atoms with E-state index < -0.39 is 11.5 Å². The van der Waals surface area contributed by atoms with Gasteiger partial charge < -0.3 is 10.1 Å². The number of nitriles is 1. The van der Waals surface area contributed by atoms with E-state index in [9.17, 15) is 14.9 Å². The van der Waals surface area contributed by atoms with Crippen LogP contribution >= 0.6 is 0 Å². The first-order valence-corrected chi connectivity index (χ1v) is 10.7. The lowest BCUT2D eigenvalue weighted by Gasteiger charge is -2.13. The molecule has 168 valence electrons. The summed E-state index contributed by atoms with van der Waals surface area (Å²) >= 11 is 0. The van der Waals surface area contributed by atoms with Gasteiger partial charge in [-0.3, -0.25) is 14.0 Å². The van der Waals surface area contributed by atoms with Gasteiger partial charge in [0.25, 0.3) is 11.5 Å². The molecule has 4 aromatic rings. The average Bonchev–Trinajstić information content (AvgIpc) is 2.86. The number of pyridine rings is 1. The summed E-state index contributed by atoms with van der Waals surface area (Å²) in [7, 11) is 0. The lowest BCUT2D eigenvalue weighted by molar-refractivity contribution is -0.117. The van der Waals surface area contributed by atoms with Crippen LogP contribution in [0.25, 0.3) is 11.7 Å². The standard InChI is InChI=1S/C27H22N4O3/c1-18-9-8-12-23(19(18)2)34-26-22(27(33)31-14-7-6-13-24(31)30-26)15-21(16-28)25(32)29-17-20-10-4-3-5-11-20/h3-15H,17H2,1-2H3,(H,29,32)/b21-15+. The number of amides is 1. The summed E-state index contributed by atoms with van der Waals surface area (Å²) in [5.41, 5.74) is 2.53. The number of nitrogens with zero attached hydrogens (tertiary/aromatic N) is 3. The number of carbonyl (C=O) groups excluding carboxylic acids is 1. The predicted molar refractivity (Wildman–Crippen MR) is 129 cm³/mol. The van der Waals surface area contributed by atoms with Crippen LogP contribution in [0.4, 0.5) is 0 Å². The van der Waals surface area contributed by atoms with Gasteiger partial charge in [-0.2, -0.15) is 10.2 Å². The van der Waals surface area contributed by atoms with Gasteiger partial charge in [-0.15, -0.1) is 0 Å². The smallest absolute Gasteiger partial charge is 0.269 e. The maximum Gasteiger partial charge on any atom is 0.269 e. The number of hydrogen-bond acceptors (Lipinski definition) is 5. The summed E-state index contributed by atoms with van der Waals surface area (Å²) in [6, 6.07) is 22.0. The molecule has 1 amide bonds. The molecule has 2 aromatic carbocycles. The van der Waals surface area contributed by atoms with E-state index in [1.165, 1.54) is 10.5 Å². The molecule has 7 heteroatoms. The van der Waals surface area contributed by atoms with Gasteiger partial charge >= 0.3 is 0 Å². The highest BCUT2D eigenvalue weighted by atomic mass is 16.5. The van der Waals surface area contributed by atoms with Crippen molar-refractivity contribution in [1.82, 2.24) is 14.7 Å². The zero-order valence-corrected chi connectivity index (χ0v) is 18.8. The SMILES string of the molecule is Cc1cccc(Oc2nc3ccccn3c(=O)c2/C=C(\C#N)C(=O)NCc2ccccc2)c1C. The van der Waals surface area contributed by atoms with Crippen LogP contribution in [0, 0.1) is 25.2 Å². The molecule has 0 saturated carbocycles. The Bertz CT molecular complexity index is 1500. The second-order valence-electron chi connectivity index (χ2n) is 7.70. The summed E-state index contributed by atoms with van der Waals surface area (Å²) in [6.07, 6.45) is 2.81. The van der Waals surface area contributed by atoms with Crippen molar-refractivity contribution in [2.75, 3.05) is 0 Å². The fourth-order valence-electron chi connectivity index (χ4n) is 3.39. The van der Waals surface area contributed by atoms with Crippen molar-refractivity contribution >= 4 is 17.6 Å². The van der Waals surface area contributed by atoms with Crippen LogP contribution in [0.5, 0.6) is 11.6 Å². The molecule has 1 N–H and O–H groups in total. The van der Waals surface area contributed by atoms with Gasteiger partial charge in [-0.05, 0) is 54.8 Å². The summed E-state index contributed by atoms with van der Waals surface area (Å²) in [5.74, 6) is -0.0380. The molecule has 0 fully saturated rings. The van der Waals surface area contributed by atoms with Crippen LogP contribution in [-0.4, -0.2) is 15.3 Å².